The van der Waals surface area contributed by atoms with Crippen LogP contribution in [0.2, 0.25) is 0 Å². The summed E-state index contributed by atoms with van der Waals surface area (Å²) in [5.74, 6) is 1.04. The summed E-state index contributed by atoms with van der Waals surface area (Å²) in [7, 11) is 0. The Balaban J connectivity index is 2.39. The average molecular weight is 252 g/mol. The van der Waals surface area contributed by atoms with Gasteiger partial charge in [0.05, 0.1) is 0 Å². The van der Waals surface area contributed by atoms with Gasteiger partial charge in [-0.3, -0.25) is 9.89 Å². The number of aliphatic hydroxyl groups is 1. The second kappa shape index (κ2) is 7.70. The maximum atomic E-state index is 9.11. The van der Waals surface area contributed by atoms with E-state index in [1.807, 2.05) is 6.20 Å². The third-order valence-electron chi connectivity index (χ3n) is 3.76. The van der Waals surface area contributed by atoms with Crippen LogP contribution >= 0.6 is 0 Å². The number of piperidine rings is 1. The van der Waals surface area contributed by atoms with Crippen molar-refractivity contribution in [1.82, 2.24) is 4.90 Å². The Hall–Kier alpha value is -0.670. The first-order chi connectivity index (χ1) is 8.52. The van der Waals surface area contributed by atoms with E-state index in [1.165, 1.54) is 11.3 Å². The highest BCUT2D eigenvalue weighted by Crippen LogP contribution is 2.17. The molecule has 0 aliphatic carbocycles. The first kappa shape index (κ1) is 15.4. The minimum Gasteiger partial charge on any atom is -0.396 e. The minimum absolute atomic E-state index is 0.348. The monoisotopic (exact) mass is 252 g/mol. The van der Waals surface area contributed by atoms with Gasteiger partial charge in [-0.15, -0.1) is 0 Å². The molecule has 0 atom stereocenters. The van der Waals surface area contributed by atoms with Crippen LogP contribution < -0.4 is 0 Å². The van der Waals surface area contributed by atoms with E-state index in [0.29, 0.717) is 18.4 Å². The highest BCUT2D eigenvalue weighted by atomic mass is 16.3. The predicted molar refractivity (Wildman–Crippen MR) is 78.0 cm³/mol. The molecule has 1 fully saturated rings. The molecule has 18 heavy (non-hydrogen) atoms. The van der Waals surface area contributed by atoms with Gasteiger partial charge in [-0.2, -0.15) is 0 Å². The van der Waals surface area contributed by atoms with Crippen LogP contribution in [0.3, 0.4) is 0 Å². The van der Waals surface area contributed by atoms with Crippen LogP contribution in [0.15, 0.2) is 16.8 Å². The molecule has 0 amide bonds. The Morgan fingerprint density at radius 3 is 2.44 bits per heavy atom. The average Bonchev–Trinajstić information content (AvgIpc) is 2.36. The van der Waals surface area contributed by atoms with Crippen molar-refractivity contribution in [1.29, 1.82) is 0 Å². The van der Waals surface area contributed by atoms with Gasteiger partial charge in [-0.1, -0.05) is 13.8 Å². The number of hydrogen-bond acceptors (Lipinski definition) is 3. The lowest BCUT2D eigenvalue weighted by atomic mass is 9.98. The summed E-state index contributed by atoms with van der Waals surface area (Å²) < 4.78 is 0. The van der Waals surface area contributed by atoms with Crippen molar-refractivity contribution in [3.63, 3.8) is 0 Å². The summed E-state index contributed by atoms with van der Waals surface area (Å²) in [5.41, 5.74) is 2.51. The quantitative estimate of drug-likeness (QED) is 0.764. The summed E-state index contributed by atoms with van der Waals surface area (Å²) in [5, 5.41) is 9.11. The van der Waals surface area contributed by atoms with Gasteiger partial charge in [0.15, 0.2) is 0 Å². The number of nitrogens with zero attached hydrogens (tertiary/aromatic N) is 2. The Kier molecular flexibility index (Phi) is 6.58. The summed E-state index contributed by atoms with van der Waals surface area (Å²) in [6, 6.07) is 0. The number of aliphatic hydroxyl groups excluding tert-OH is 1. The highest BCUT2D eigenvalue weighted by molar-refractivity contribution is 5.84. The Bertz CT molecular complexity index is 300. The Morgan fingerprint density at radius 2 is 1.94 bits per heavy atom. The highest BCUT2D eigenvalue weighted by Gasteiger charge is 2.18. The third-order valence-corrected chi connectivity index (χ3v) is 3.76. The fourth-order valence-corrected chi connectivity index (χ4v) is 2.08. The maximum Gasteiger partial charge on any atom is 0.0460 e. The van der Waals surface area contributed by atoms with E-state index in [2.05, 4.69) is 37.6 Å². The zero-order chi connectivity index (χ0) is 13.5. The van der Waals surface area contributed by atoms with Crippen LogP contribution in [0.4, 0.5) is 0 Å². The van der Waals surface area contributed by atoms with E-state index in [-0.39, 0.29) is 0 Å². The Morgan fingerprint density at radius 1 is 1.33 bits per heavy atom. The lowest BCUT2D eigenvalue weighted by molar-refractivity contribution is 0.138. The van der Waals surface area contributed by atoms with E-state index in [0.717, 1.165) is 32.5 Å². The molecule has 1 rings (SSSR count). The molecule has 0 saturated carbocycles. The summed E-state index contributed by atoms with van der Waals surface area (Å²) >= 11 is 0. The minimum atomic E-state index is 0.348. The van der Waals surface area contributed by atoms with Gasteiger partial charge in [-0.25, -0.2) is 0 Å². The molecular weight excluding hydrogens is 224 g/mol. The van der Waals surface area contributed by atoms with Crippen molar-refractivity contribution in [2.75, 3.05) is 26.2 Å². The van der Waals surface area contributed by atoms with Gasteiger partial charge in [0.25, 0.3) is 0 Å². The zero-order valence-corrected chi connectivity index (χ0v) is 12.3. The molecule has 1 heterocycles. The molecule has 0 radical (unpaired) electrons. The van der Waals surface area contributed by atoms with Gasteiger partial charge >= 0.3 is 0 Å². The van der Waals surface area contributed by atoms with Crippen LogP contribution in [0.25, 0.3) is 0 Å². The standard InChI is InChI=1S/C15H28N2O/c1-12(2)14(4)16-9-13(3)10-17-7-5-15(11-18)6-8-17/h9,12,15,18H,5-8,10-11H2,1-4H3/b13-9+,16-14?. The van der Waals surface area contributed by atoms with E-state index < -0.39 is 0 Å². The van der Waals surface area contributed by atoms with Gasteiger partial charge < -0.3 is 5.11 Å². The zero-order valence-electron chi connectivity index (χ0n) is 12.3. The molecule has 1 aliphatic rings. The van der Waals surface area contributed by atoms with Crippen LogP contribution in [-0.4, -0.2) is 42.0 Å². The molecule has 0 aromatic heterocycles. The van der Waals surface area contributed by atoms with Crippen molar-refractivity contribution < 1.29 is 5.11 Å². The molecule has 1 aliphatic heterocycles. The fourth-order valence-electron chi connectivity index (χ4n) is 2.08. The van der Waals surface area contributed by atoms with E-state index in [4.69, 9.17) is 5.11 Å². The van der Waals surface area contributed by atoms with E-state index >= 15 is 0 Å². The van der Waals surface area contributed by atoms with Crippen molar-refractivity contribution in [2.24, 2.45) is 16.8 Å². The van der Waals surface area contributed by atoms with E-state index in [1.54, 1.807) is 0 Å². The smallest absolute Gasteiger partial charge is 0.0460 e. The lowest BCUT2D eigenvalue weighted by Crippen LogP contribution is -2.35. The molecule has 1 saturated heterocycles. The maximum absolute atomic E-state index is 9.11. The second-order valence-electron chi connectivity index (χ2n) is 5.80. The summed E-state index contributed by atoms with van der Waals surface area (Å²) in [4.78, 5) is 6.96. The van der Waals surface area contributed by atoms with Gasteiger partial charge in [0.1, 0.15) is 0 Å². The molecule has 0 spiro atoms. The molecule has 3 nitrogen and oxygen atoms in total. The fraction of sp³-hybridized carbons (Fsp3) is 0.800. The number of hydrogen-bond donors (Lipinski definition) is 1. The molecule has 1 N–H and O–H groups in total. The van der Waals surface area contributed by atoms with Crippen LogP contribution in [0.5, 0.6) is 0 Å². The molecule has 3 heteroatoms. The molecular formula is C15H28N2O. The first-order valence-corrected chi connectivity index (χ1v) is 7.06. The largest absolute Gasteiger partial charge is 0.396 e. The van der Waals surface area contributed by atoms with Crippen molar-refractivity contribution >= 4 is 5.71 Å². The Labute approximate surface area is 112 Å². The normalized spacial score (nSPS) is 20.8. The van der Waals surface area contributed by atoms with Crippen LogP contribution in [0, 0.1) is 11.8 Å². The second-order valence-corrected chi connectivity index (χ2v) is 5.80. The number of likely N-dealkylation sites (tertiary alicyclic amines) is 1. The first-order valence-electron chi connectivity index (χ1n) is 7.06. The third kappa shape index (κ3) is 5.32. The molecule has 0 aromatic rings. The predicted octanol–water partition coefficient (Wildman–Crippen LogP) is 2.71. The van der Waals surface area contributed by atoms with Gasteiger partial charge in [0, 0.05) is 25.1 Å². The number of aliphatic imine (C=N–C) groups is 1. The van der Waals surface area contributed by atoms with Crippen LogP contribution in [0.1, 0.15) is 40.5 Å². The van der Waals surface area contributed by atoms with E-state index in [9.17, 15) is 0 Å². The van der Waals surface area contributed by atoms with Crippen LogP contribution in [-0.2, 0) is 0 Å². The molecule has 0 unspecified atom stereocenters. The van der Waals surface area contributed by atoms with Gasteiger partial charge in [0.2, 0.25) is 0 Å². The summed E-state index contributed by atoms with van der Waals surface area (Å²) in [6.07, 6.45) is 4.25. The molecule has 104 valence electrons. The number of rotatable bonds is 5. The topological polar surface area (TPSA) is 35.8 Å². The van der Waals surface area contributed by atoms with Gasteiger partial charge in [-0.05, 0) is 57.2 Å². The molecule has 0 bridgehead atoms. The molecule has 0 aromatic carbocycles. The lowest BCUT2D eigenvalue weighted by Gasteiger charge is -2.31. The van der Waals surface area contributed by atoms with Crippen molar-refractivity contribution in [3.05, 3.63) is 11.8 Å². The summed E-state index contributed by atoms with van der Waals surface area (Å²) in [6.45, 7) is 12.1. The van der Waals surface area contributed by atoms with Crippen molar-refractivity contribution in [2.45, 2.75) is 40.5 Å². The van der Waals surface area contributed by atoms with Crippen molar-refractivity contribution in [3.8, 4) is 0 Å². The SMILES string of the molecule is CC(=N/C=C(\C)CN1CCC(CO)CC1)C(C)C.